The van der Waals surface area contributed by atoms with Crippen molar-refractivity contribution in [1.82, 2.24) is 5.16 Å². The number of hydrogen-bond acceptors (Lipinski definition) is 7. The van der Waals surface area contributed by atoms with Gasteiger partial charge in [-0.05, 0) is 50.6 Å². The average molecular weight is 433 g/mol. The predicted octanol–water partition coefficient (Wildman–Crippen LogP) is 3.20. The van der Waals surface area contributed by atoms with Gasteiger partial charge >= 0.3 is 5.97 Å². The van der Waals surface area contributed by atoms with Crippen molar-refractivity contribution in [2.45, 2.75) is 20.8 Å². The lowest BCUT2D eigenvalue weighted by molar-refractivity contribution is -0.119. The third-order valence-electron chi connectivity index (χ3n) is 4.96. The first kappa shape index (κ1) is 21.0. The van der Waals surface area contributed by atoms with Crippen LogP contribution in [-0.2, 0) is 9.53 Å². The second kappa shape index (κ2) is 8.10. The molecule has 32 heavy (non-hydrogen) atoms. The molecule has 1 aliphatic rings. The van der Waals surface area contributed by atoms with Crippen LogP contribution in [0.25, 0.3) is 0 Å². The standard InChI is InChI=1S/C23H19N3O6/c1-12-4-7-18(13(2)8-12)24-20(27)11-31-23(30)15-5-6-16-17(10-15)22(29)26(21(16)28)19-9-14(3)32-25-19/h4-10H,11H2,1-3H3,(H,24,27). The van der Waals surface area contributed by atoms with Gasteiger partial charge in [-0.3, -0.25) is 14.4 Å². The van der Waals surface area contributed by atoms with E-state index in [1.807, 2.05) is 26.0 Å². The van der Waals surface area contributed by atoms with E-state index in [0.717, 1.165) is 16.0 Å². The van der Waals surface area contributed by atoms with Crippen molar-refractivity contribution in [2.75, 3.05) is 16.8 Å². The fraction of sp³-hybridized carbons (Fsp3) is 0.174. The van der Waals surface area contributed by atoms with Crippen molar-refractivity contribution in [2.24, 2.45) is 0 Å². The first-order valence-electron chi connectivity index (χ1n) is 9.75. The van der Waals surface area contributed by atoms with Crippen molar-refractivity contribution < 1.29 is 28.4 Å². The Hall–Kier alpha value is -4.27. The van der Waals surface area contributed by atoms with E-state index in [2.05, 4.69) is 10.5 Å². The molecule has 4 rings (SSSR count). The molecular weight excluding hydrogens is 414 g/mol. The lowest BCUT2D eigenvalue weighted by Crippen LogP contribution is -2.29. The highest BCUT2D eigenvalue weighted by atomic mass is 16.5. The fourth-order valence-electron chi connectivity index (χ4n) is 3.39. The molecule has 2 aromatic carbocycles. The largest absolute Gasteiger partial charge is 0.452 e. The van der Waals surface area contributed by atoms with Gasteiger partial charge in [-0.15, -0.1) is 0 Å². The lowest BCUT2D eigenvalue weighted by Gasteiger charge is -2.10. The van der Waals surface area contributed by atoms with E-state index in [9.17, 15) is 19.2 Å². The van der Waals surface area contributed by atoms with Gasteiger partial charge in [0.15, 0.2) is 12.4 Å². The van der Waals surface area contributed by atoms with Crippen molar-refractivity contribution in [3.63, 3.8) is 0 Å². The highest BCUT2D eigenvalue weighted by molar-refractivity contribution is 6.34. The Morgan fingerprint density at radius 3 is 2.44 bits per heavy atom. The van der Waals surface area contributed by atoms with E-state index in [-0.39, 0.29) is 22.5 Å². The summed E-state index contributed by atoms with van der Waals surface area (Å²) in [5, 5.41) is 6.39. The molecule has 9 nitrogen and oxygen atoms in total. The molecule has 9 heteroatoms. The van der Waals surface area contributed by atoms with Crippen LogP contribution in [0.5, 0.6) is 0 Å². The maximum absolute atomic E-state index is 12.7. The molecule has 1 N–H and O–H groups in total. The molecule has 0 unspecified atom stereocenters. The molecule has 0 saturated heterocycles. The van der Waals surface area contributed by atoms with E-state index in [1.165, 1.54) is 24.3 Å². The Bertz CT molecular complexity index is 1280. The van der Waals surface area contributed by atoms with Crippen molar-refractivity contribution in [1.29, 1.82) is 0 Å². The van der Waals surface area contributed by atoms with Crippen LogP contribution in [-0.4, -0.2) is 35.5 Å². The minimum atomic E-state index is -0.792. The zero-order valence-corrected chi connectivity index (χ0v) is 17.6. The molecule has 0 spiro atoms. The zero-order valence-electron chi connectivity index (χ0n) is 17.6. The summed E-state index contributed by atoms with van der Waals surface area (Å²) in [5.41, 5.74) is 2.81. The van der Waals surface area contributed by atoms with Crippen LogP contribution in [0.1, 0.15) is 48.0 Å². The summed E-state index contributed by atoms with van der Waals surface area (Å²) in [6, 6.07) is 11.0. The summed E-state index contributed by atoms with van der Waals surface area (Å²) in [7, 11) is 0. The molecule has 0 saturated carbocycles. The normalized spacial score (nSPS) is 12.7. The molecule has 162 valence electrons. The molecule has 0 atom stereocenters. The molecule has 3 amide bonds. The Kier molecular flexibility index (Phi) is 5.31. The molecule has 1 aliphatic heterocycles. The maximum atomic E-state index is 12.7. The number of ether oxygens (including phenoxy) is 1. The smallest absolute Gasteiger partial charge is 0.338 e. The summed E-state index contributed by atoms with van der Waals surface area (Å²) in [6.45, 7) is 4.95. The van der Waals surface area contributed by atoms with Gasteiger partial charge in [-0.25, -0.2) is 9.69 Å². The predicted molar refractivity (Wildman–Crippen MR) is 114 cm³/mol. The van der Waals surface area contributed by atoms with Crippen molar-refractivity contribution in [3.8, 4) is 0 Å². The van der Waals surface area contributed by atoms with Gasteiger partial charge in [0.05, 0.1) is 16.7 Å². The van der Waals surface area contributed by atoms with Crippen molar-refractivity contribution >= 4 is 35.2 Å². The van der Waals surface area contributed by atoms with Gasteiger partial charge in [0.1, 0.15) is 5.76 Å². The highest BCUT2D eigenvalue weighted by Crippen LogP contribution is 2.29. The van der Waals surface area contributed by atoms with Crippen LogP contribution in [0.3, 0.4) is 0 Å². The number of nitrogens with zero attached hydrogens (tertiary/aromatic N) is 2. The number of rotatable bonds is 5. The number of aromatic nitrogens is 1. The van der Waals surface area contributed by atoms with Crippen LogP contribution in [0, 0.1) is 20.8 Å². The van der Waals surface area contributed by atoms with E-state index < -0.39 is 30.3 Å². The zero-order chi connectivity index (χ0) is 23.0. The van der Waals surface area contributed by atoms with Crippen LogP contribution in [0.2, 0.25) is 0 Å². The fourth-order valence-corrected chi connectivity index (χ4v) is 3.39. The quantitative estimate of drug-likeness (QED) is 0.485. The van der Waals surface area contributed by atoms with Crippen LogP contribution < -0.4 is 10.2 Å². The third-order valence-corrected chi connectivity index (χ3v) is 4.96. The average Bonchev–Trinajstić information content (AvgIpc) is 3.28. The highest BCUT2D eigenvalue weighted by Gasteiger charge is 2.38. The Morgan fingerprint density at radius 2 is 1.75 bits per heavy atom. The first-order chi connectivity index (χ1) is 15.2. The molecule has 3 aromatic rings. The topological polar surface area (TPSA) is 119 Å². The molecule has 2 heterocycles. The molecule has 0 bridgehead atoms. The minimum Gasteiger partial charge on any atom is -0.452 e. The minimum absolute atomic E-state index is 0.0439. The Balaban J connectivity index is 1.44. The molecule has 0 aliphatic carbocycles. The van der Waals surface area contributed by atoms with Gasteiger partial charge in [0.2, 0.25) is 0 Å². The number of fused-ring (bicyclic) bond motifs is 1. The van der Waals surface area contributed by atoms with Gasteiger partial charge in [-0.1, -0.05) is 22.9 Å². The Morgan fingerprint density at radius 1 is 1.00 bits per heavy atom. The monoisotopic (exact) mass is 433 g/mol. The number of anilines is 2. The lowest BCUT2D eigenvalue weighted by atomic mass is 10.1. The number of esters is 1. The second-order valence-corrected chi connectivity index (χ2v) is 7.44. The summed E-state index contributed by atoms with van der Waals surface area (Å²) < 4.78 is 10.0. The number of amides is 3. The SMILES string of the molecule is Cc1ccc(NC(=O)COC(=O)c2ccc3c(c2)C(=O)N(c2cc(C)on2)C3=O)c(C)c1. The summed E-state index contributed by atoms with van der Waals surface area (Å²) >= 11 is 0. The summed E-state index contributed by atoms with van der Waals surface area (Å²) in [5.74, 6) is -1.96. The summed E-state index contributed by atoms with van der Waals surface area (Å²) in [4.78, 5) is 50.8. The number of carbonyl (C=O) groups is 4. The number of benzene rings is 2. The number of aryl methyl sites for hydroxylation is 3. The van der Waals surface area contributed by atoms with E-state index in [0.29, 0.717) is 11.4 Å². The molecule has 1 aromatic heterocycles. The van der Waals surface area contributed by atoms with E-state index in [1.54, 1.807) is 13.0 Å². The van der Waals surface area contributed by atoms with Crippen LogP contribution in [0.15, 0.2) is 47.0 Å². The van der Waals surface area contributed by atoms with Crippen molar-refractivity contribution in [3.05, 3.63) is 76.0 Å². The van der Waals surface area contributed by atoms with E-state index in [4.69, 9.17) is 9.26 Å². The van der Waals surface area contributed by atoms with Gasteiger partial charge in [0, 0.05) is 11.8 Å². The van der Waals surface area contributed by atoms with Crippen LogP contribution >= 0.6 is 0 Å². The van der Waals surface area contributed by atoms with Crippen LogP contribution in [0.4, 0.5) is 11.5 Å². The number of carbonyl (C=O) groups excluding carboxylic acids is 4. The molecule has 0 fully saturated rings. The molecule has 0 radical (unpaired) electrons. The maximum Gasteiger partial charge on any atom is 0.338 e. The van der Waals surface area contributed by atoms with Gasteiger partial charge < -0.3 is 14.6 Å². The third kappa shape index (κ3) is 3.87. The summed E-state index contributed by atoms with van der Waals surface area (Å²) in [6.07, 6.45) is 0. The first-order valence-corrected chi connectivity index (χ1v) is 9.75. The number of hydrogen-bond donors (Lipinski definition) is 1. The van der Waals surface area contributed by atoms with Gasteiger partial charge in [0.25, 0.3) is 17.7 Å². The Labute approximate surface area is 182 Å². The molecular formula is C23H19N3O6. The van der Waals surface area contributed by atoms with E-state index >= 15 is 0 Å². The second-order valence-electron chi connectivity index (χ2n) is 7.44. The van der Waals surface area contributed by atoms with Gasteiger partial charge in [-0.2, -0.15) is 0 Å². The number of nitrogens with one attached hydrogen (secondary N) is 1. The number of imide groups is 1.